The van der Waals surface area contributed by atoms with Gasteiger partial charge in [0.2, 0.25) is 0 Å². The highest BCUT2D eigenvalue weighted by Gasteiger charge is 2.19. The molecule has 2 aromatic rings. The van der Waals surface area contributed by atoms with Crippen molar-refractivity contribution in [2.45, 2.75) is 26.4 Å². The van der Waals surface area contributed by atoms with E-state index in [-0.39, 0.29) is 12.3 Å². The van der Waals surface area contributed by atoms with Gasteiger partial charge in [-0.05, 0) is 43.7 Å². The Morgan fingerprint density at radius 3 is 2.50 bits per heavy atom. The minimum Gasteiger partial charge on any atom is -0.486 e. The smallest absolute Gasteiger partial charge is 0.311 e. The van der Waals surface area contributed by atoms with Crippen molar-refractivity contribution in [3.63, 3.8) is 0 Å². The van der Waals surface area contributed by atoms with Crippen LogP contribution in [0.3, 0.4) is 0 Å². The van der Waals surface area contributed by atoms with E-state index >= 15 is 0 Å². The molecule has 0 aromatic heterocycles. The molecule has 6 nitrogen and oxygen atoms in total. The van der Waals surface area contributed by atoms with Crippen molar-refractivity contribution in [2.75, 3.05) is 18.5 Å². The lowest BCUT2D eigenvalue weighted by atomic mass is 10.1. The van der Waals surface area contributed by atoms with E-state index in [0.29, 0.717) is 30.4 Å². The molecule has 1 atom stereocenters. The molecule has 6 heteroatoms. The van der Waals surface area contributed by atoms with Gasteiger partial charge in [-0.2, -0.15) is 0 Å². The Hall–Kier alpha value is -3.02. The highest BCUT2D eigenvalue weighted by atomic mass is 16.6. The summed E-state index contributed by atoms with van der Waals surface area (Å²) in [6.45, 7) is 4.51. The molecule has 2 aromatic carbocycles. The van der Waals surface area contributed by atoms with E-state index in [2.05, 4.69) is 5.32 Å². The van der Waals surface area contributed by atoms with Crippen LogP contribution in [0, 0.1) is 6.92 Å². The van der Waals surface area contributed by atoms with Crippen molar-refractivity contribution in [2.24, 2.45) is 0 Å². The van der Waals surface area contributed by atoms with Crippen LogP contribution in [0.2, 0.25) is 0 Å². The van der Waals surface area contributed by atoms with Gasteiger partial charge in [0.15, 0.2) is 17.6 Å². The summed E-state index contributed by atoms with van der Waals surface area (Å²) in [5.74, 6) is 0.434. The van der Waals surface area contributed by atoms with E-state index in [9.17, 15) is 9.59 Å². The normalized spacial score (nSPS) is 13.6. The largest absolute Gasteiger partial charge is 0.486 e. The maximum absolute atomic E-state index is 12.2. The molecule has 1 aliphatic rings. The number of carbonyl (C=O) groups is 2. The quantitative estimate of drug-likeness (QED) is 0.835. The van der Waals surface area contributed by atoms with E-state index in [0.717, 1.165) is 11.1 Å². The molecule has 136 valence electrons. The molecule has 26 heavy (non-hydrogen) atoms. The lowest BCUT2D eigenvalue weighted by molar-refractivity contribution is -0.152. The minimum absolute atomic E-state index is 0.0544. The van der Waals surface area contributed by atoms with Crippen LogP contribution in [0.1, 0.15) is 18.1 Å². The Labute approximate surface area is 152 Å². The lowest BCUT2D eigenvalue weighted by Crippen LogP contribution is -2.30. The molecule has 1 aliphatic heterocycles. The summed E-state index contributed by atoms with van der Waals surface area (Å²) in [5, 5.41) is 2.73. The second kappa shape index (κ2) is 7.91. The van der Waals surface area contributed by atoms with Crippen LogP contribution >= 0.6 is 0 Å². The number of fused-ring (bicyclic) bond motifs is 1. The molecule has 3 rings (SSSR count). The molecule has 0 radical (unpaired) electrons. The first-order chi connectivity index (χ1) is 12.5. The molecule has 0 saturated carbocycles. The fourth-order valence-electron chi connectivity index (χ4n) is 2.54. The molecule has 0 bridgehead atoms. The number of ether oxygens (including phenoxy) is 3. The molecule has 0 unspecified atom stereocenters. The van der Waals surface area contributed by atoms with Gasteiger partial charge in [0.05, 0.1) is 6.42 Å². The van der Waals surface area contributed by atoms with Crippen LogP contribution < -0.4 is 14.8 Å². The summed E-state index contributed by atoms with van der Waals surface area (Å²) in [4.78, 5) is 24.3. The molecule has 0 aliphatic carbocycles. The summed E-state index contributed by atoms with van der Waals surface area (Å²) in [6, 6.07) is 12.7. The molecule has 0 saturated heterocycles. The third kappa shape index (κ3) is 4.53. The number of anilines is 1. The molecule has 0 fully saturated rings. The Morgan fingerprint density at radius 1 is 1.08 bits per heavy atom. The molecule has 1 heterocycles. The molecule has 0 spiro atoms. The van der Waals surface area contributed by atoms with Crippen LogP contribution in [0.25, 0.3) is 0 Å². The first-order valence-corrected chi connectivity index (χ1v) is 8.47. The summed E-state index contributed by atoms with van der Waals surface area (Å²) in [5.41, 5.74) is 2.50. The Balaban J connectivity index is 1.53. The predicted molar refractivity (Wildman–Crippen MR) is 96.5 cm³/mol. The standard InChI is InChI=1S/C20H21NO5/c1-13-3-6-16(7-4-13)21-20(23)14(2)26-19(22)12-15-5-8-17-18(11-15)25-10-9-24-17/h3-8,11,14H,9-10,12H2,1-2H3,(H,21,23)/t14-/m0/s1. The zero-order valence-corrected chi connectivity index (χ0v) is 14.8. The van der Waals surface area contributed by atoms with Gasteiger partial charge in [-0.25, -0.2) is 0 Å². The number of esters is 1. The fourth-order valence-corrected chi connectivity index (χ4v) is 2.54. The molecular formula is C20H21NO5. The van der Waals surface area contributed by atoms with E-state index in [4.69, 9.17) is 14.2 Å². The van der Waals surface area contributed by atoms with Crippen molar-refractivity contribution >= 4 is 17.6 Å². The SMILES string of the molecule is Cc1ccc(NC(=O)[C@H](C)OC(=O)Cc2ccc3c(c2)OCCO3)cc1. The highest BCUT2D eigenvalue weighted by molar-refractivity contribution is 5.95. The number of carbonyl (C=O) groups excluding carboxylic acids is 2. The van der Waals surface area contributed by atoms with Crippen LogP contribution in [-0.4, -0.2) is 31.2 Å². The average Bonchev–Trinajstić information content (AvgIpc) is 2.63. The van der Waals surface area contributed by atoms with Gasteiger partial charge in [-0.1, -0.05) is 23.8 Å². The van der Waals surface area contributed by atoms with Gasteiger partial charge in [0.25, 0.3) is 5.91 Å². The fraction of sp³-hybridized carbons (Fsp3) is 0.300. The predicted octanol–water partition coefficient (Wildman–Crippen LogP) is 2.88. The van der Waals surface area contributed by atoms with Crippen molar-refractivity contribution in [3.05, 3.63) is 53.6 Å². The van der Waals surface area contributed by atoms with Crippen LogP contribution in [-0.2, 0) is 20.7 Å². The average molecular weight is 355 g/mol. The van der Waals surface area contributed by atoms with Crippen LogP contribution in [0.4, 0.5) is 5.69 Å². The molecule has 1 amide bonds. The van der Waals surface area contributed by atoms with Crippen LogP contribution in [0.15, 0.2) is 42.5 Å². The van der Waals surface area contributed by atoms with Gasteiger partial charge in [-0.15, -0.1) is 0 Å². The zero-order chi connectivity index (χ0) is 18.5. The summed E-state index contributed by atoms with van der Waals surface area (Å²) >= 11 is 0. The summed E-state index contributed by atoms with van der Waals surface area (Å²) in [7, 11) is 0. The van der Waals surface area contributed by atoms with Gasteiger partial charge in [0.1, 0.15) is 13.2 Å². The Morgan fingerprint density at radius 2 is 1.77 bits per heavy atom. The van der Waals surface area contributed by atoms with Crippen molar-refractivity contribution < 1.29 is 23.8 Å². The van der Waals surface area contributed by atoms with Crippen molar-refractivity contribution in [1.29, 1.82) is 0 Å². The monoisotopic (exact) mass is 355 g/mol. The zero-order valence-electron chi connectivity index (χ0n) is 14.8. The van der Waals surface area contributed by atoms with E-state index in [1.807, 2.05) is 19.1 Å². The van der Waals surface area contributed by atoms with Gasteiger partial charge < -0.3 is 19.5 Å². The molecule has 1 N–H and O–H groups in total. The third-order valence-electron chi connectivity index (χ3n) is 3.95. The minimum atomic E-state index is -0.888. The number of benzene rings is 2. The van der Waals surface area contributed by atoms with Crippen molar-refractivity contribution in [3.8, 4) is 11.5 Å². The maximum Gasteiger partial charge on any atom is 0.311 e. The topological polar surface area (TPSA) is 73.9 Å². The van der Waals surface area contributed by atoms with E-state index < -0.39 is 12.1 Å². The number of rotatable bonds is 5. The van der Waals surface area contributed by atoms with Gasteiger partial charge in [-0.3, -0.25) is 9.59 Å². The second-order valence-corrected chi connectivity index (χ2v) is 6.14. The Bertz CT molecular complexity index is 800. The first kappa shape index (κ1) is 17.8. The third-order valence-corrected chi connectivity index (χ3v) is 3.95. The number of nitrogens with one attached hydrogen (secondary N) is 1. The number of hydrogen-bond acceptors (Lipinski definition) is 5. The van der Waals surface area contributed by atoms with Gasteiger partial charge in [0, 0.05) is 5.69 Å². The van der Waals surface area contributed by atoms with Crippen LogP contribution in [0.5, 0.6) is 11.5 Å². The van der Waals surface area contributed by atoms with Gasteiger partial charge >= 0.3 is 5.97 Å². The van der Waals surface area contributed by atoms with E-state index in [1.165, 1.54) is 0 Å². The maximum atomic E-state index is 12.2. The highest BCUT2D eigenvalue weighted by Crippen LogP contribution is 2.30. The number of aryl methyl sites for hydroxylation is 1. The molecular weight excluding hydrogens is 334 g/mol. The number of hydrogen-bond donors (Lipinski definition) is 1. The number of amides is 1. The van der Waals surface area contributed by atoms with Crippen molar-refractivity contribution in [1.82, 2.24) is 0 Å². The summed E-state index contributed by atoms with van der Waals surface area (Å²) < 4.78 is 16.2. The second-order valence-electron chi connectivity index (χ2n) is 6.14. The summed E-state index contributed by atoms with van der Waals surface area (Å²) in [6.07, 6.45) is -0.834. The Kier molecular flexibility index (Phi) is 5.41. The lowest BCUT2D eigenvalue weighted by Gasteiger charge is -2.19. The van der Waals surface area contributed by atoms with E-state index in [1.54, 1.807) is 37.3 Å². The first-order valence-electron chi connectivity index (χ1n) is 8.47.